The van der Waals surface area contributed by atoms with Crippen molar-refractivity contribution < 1.29 is 4.42 Å². The molecule has 14 aromatic rings. The van der Waals surface area contributed by atoms with E-state index in [1.807, 2.05) is 54.6 Å². The second-order valence-corrected chi connectivity index (χ2v) is 16.6. The number of furan rings is 1. The van der Waals surface area contributed by atoms with Crippen LogP contribution in [-0.4, -0.2) is 15.0 Å². The van der Waals surface area contributed by atoms with Crippen LogP contribution in [0.4, 0.5) is 0 Å². The summed E-state index contributed by atoms with van der Waals surface area (Å²) in [5.41, 5.74) is 6.59. The first-order valence-corrected chi connectivity index (χ1v) is 21.4. The Balaban J connectivity index is 1.04. The molecule has 290 valence electrons. The number of fused-ring (bicyclic) bond motifs is 6. The zero-order chi connectivity index (χ0) is 41.2. The fourth-order valence-corrected chi connectivity index (χ4v) is 10.4. The quantitative estimate of drug-likeness (QED) is 0.166. The molecule has 63 heavy (non-hydrogen) atoms. The lowest BCUT2D eigenvalue weighted by atomic mass is 9.86. The Kier molecular flexibility index (Phi) is 7.08. The Hall–Kier alpha value is -8.47. The molecule has 0 bridgehead atoms. The molecule has 0 saturated carbocycles. The minimum Gasteiger partial charge on any atom is -0.455 e. The van der Waals surface area contributed by atoms with Crippen molar-refractivity contribution in [1.29, 1.82) is 0 Å². The number of rotatable bonds is 4. The summed E-state index contributed by atoms with van der Waals surface area (Å²) in [4.78, 5) is 15.6. The summed E-state index contributed by atoms with van der Waals surface area (Å²) >= 11 is 0. The number of benzene rings is 11. The average molecular weight is 800 g/mol. The van der Waals surface area contributed by atoms with Crippen LogP contribution >= 0.6 is 0 Å². The predicted molar refractivity (Wildman–Crippen MR) is 263 cm³/mol. The number of hydrogen-bond donors (Lipinski definition) is 0. The highest BCUT2D eigenvalue weighted by Crippen LogP contribution is 2.46. The van der Waals surface area contributed by atoms with Crippen molar-refractivity contribution in [3.05, 3.63) is 200 Å². The molecule has 0 saturated heterocycles. The predicted octanol–water partition coefficient (Wildman–Crippen LogP) is 15.9. The molecule has 0 aliphatic carbocycles. The second kappa shape index (κ2) is 13.0. The summed E-state index contributed by atoms with van der Waals surface area (Å²) in [5.74, 6) is 1.78. The van der Waals surface area contributed by atoms with E-state index >= 15 is 0 Å². The Labute approximate surface area is 360 Å². The van der Waals surface area contributed by atoms with E-state index in [1.54, 1.807) is 0 Å². The molecule has 0 radical (unpaired) electrons. The van der Waals surface area contributed by atoms with Crippen molar-refractivity contribution in [2.75, 3.05) is 0 Å². The number of nitrogens with zero attached hydrogens (tertiary/aromatic N) is 3. The Morgan fingerprint density at radius 1 is 0.270 bits per heavy atom. The number of para-hydroxylation sites is 2. The summed E-state index contributed by atoms with van der Waals surface area (Å²) in [6, 6.07) is 71.9. The molecule has 0 aliphatic rings. The molecule has 4 heteroatoms. The summed E-state index contributed by atoms with van der Waals surface area (Å²) in [6.07, 6.45) is 0. The average Bonchev–Trinajstić information content (AvgIpc) is 3.74. The lowest BCUT2D eigenvalue weighted by Gasteiger charge is -2.18. The van der Waals surface area contributed by atoms with Crippen LogP contribution in [0, 0.1) is 0 Å². The van der Waals surface area contributed by atoms with E-state index in [9.17, 15) is 0 Å². The Bertz CT molecular complexity index is 4200. The van der Waals surface area contributed by atoms with E-state index in [0.29, 0.717) is 17.5 Å². The maximum absolute atomic E-state index is 6.51. The van der Waals surface area contributed by atoms with Crippen LogP contribution < -0.4 is 0 Å². The third-order valence-corrected chi connectivity index (χ3v) is 13.2. The topological polar surface area (TPSA) is 51.8 Å². The lowest BCUT2D eigenvalue weighted by Crippen LogP contribution is -2.01. The number of aromatic nitrogens is 3. The molecule has 12 aromatic carbocycles. The fraction of sp³-hybridized carbons (Fsp3) is 0. The van der Waals surface area contributed by atoms with Gasteiger partial charge in [-0.1, -0.05) is 170 Å². The lowest BCUT2D eigenvalue weighted by molar-refractivity contribution is 0.669. The molecule has 0 spiro atoms. The van der Waals surface area contributed by atoms with Gasteiger partial charge < -0.3 is 4.42 Å². The van der Waals surface area contributed by atoms with Gasteiger partial charge in [-0.2, -0.15) is 0 Å². The van der Waals surface area contributed by atoms with E-state index in [0.717, 1.165) is 60.5 Å². The first-order chi connectivity index (χ1) is 31.2. The van der Waals surface area contributed by atoms with Crippen LogP contribution in [0.15, 0.2) is 205 Å². The van der Waals surface area contributed by atoms with Gasteiger partial charge >= 0.3 is 0 Å². The second-order valence-electron chi connectivity index (χ2n) is 16.6. The van der Waals surface area contributed by atoms with Gasteiger partial charge in [0, 0.05) is 21.9 Å². The van der Waals surface area contributed by atoms with E-state index in [2.05, 4.69) is 146 Å². The van der Waals surface area contributed by atoms with Gasteiger partial charge in [0.05, 0.1) is 5.56 Å². The summed E-state index contributed by atoms with van der Waals surface area (Å²) in [5, 5.41) is 19.5. The zero-order valence-corrected chi connectivity index (χ0v) is 33.8. The molecule has 0 amide bonds. The van der Waals surface area contributed by atoms with Gasteiger partial charge in [0.2, 0.25) is 0 Å². The molecule has 0 atom stereocenters. The fourth-order valence-electron chi connectivity index (χ4n) is 10.4. The van der Waals surface area contributed by atoms with Crippen LogP contribution in [0.5, 0.6) is 0 Å². The van der Waals surface area contributed by atoms with Crippen LogP contribution in [0.25, 0.3) is 143 Å². The molecule has 0 aliphatic heterocycles. The van der Waals surface area contributed by atoms with Crippen LogP contribution in [-0.2, 0) is 0 Å². The summed E-state index contributed by atoms with van der Waals surface area (Å²) in [6.45, 7) is 0. The van der Waals surface area contributed by atoms with Crippen LogP contribution in [0.2, 0.25) is 0 Å². The smallest absolute Gasteiger partial charge is 0.167 e. The highest BCUT2D eigenvalue weighted by Gasteiger charge is 2.21. The molecule has 0 unspecified atom stereocenters. The maximum Gasteiger partial charge on any atom is 0.167 e. The minimum atomic E-state index is 0.564. The highest BCUT2D eigenvalue weighted by atomic mass is 16.3. The van der Waals surface area contributed by atoms with Crippen molar-refractivity contribution >= 4 is 97.3 Å². The molecule has 14 rings (SSSR count). The van der Waals surface area contributed by atoms with Crippen molar-refractivity contribution in [2.24, 2.45) is 0 Å². The molecular formula is C59H33N3O. The molecule has 4 nitrogen and oxygen atoms in total. The zero-order valence-electron chi connectivity index (χ0n) is 33.8. The van der Waals surface area contributed by atoms with E-state index in [4.69, 9.17) is 19.4 Å². The van der Waals surface area contributed by atoms with Crippen LogP contribution in [0.1, 0.15) is 0 Å². The standard InChI is InChI=1S/C59H33N3O/c1-2-12-37(13-3-1)57-60-58(62-59(61-57)49-24-11-23-47-43-19-6-7-25-51(43)63-56(47)49)48-31-30-40(41-17-4-5-18-42(41)48)39-32-38-29-28-36-15-9-21-45-44-20-8-14-34-26-27-35-16-10-22-46(54(35)52(34)44)50(33-39)55(38)53(36)45/h1-33H. The molecule has 0 N–H and O–H groups in total. The first-order valence-electron chi connectivity index (χ1n) is 21.4. The van der Waals surface area contributed by atoms with E-state index in [-0.39, 0.29) is 0 Å². The maximum atomic E-state index is 6.51. The number of hydrogen-bond acceptors (Lipinski definition) is 4. The van der Waals surface area contributed by atoms with Crippen molar-refractivity contribution in [3.63, 3.8) is 0 Å². The Morgan fingerprint density at radius 2 is 0.762 bits per heavy atom. The first kappa shape index (κ1) is 34.3. The normalized spacial score (nSPS) is 12.1. The van der Waals surface area contributed by atoms with Gasteiger partial charge in [-0.3, -0.25) is 0 Å². The monoisotopic (exact) mass is 799 g/mol. The molecule has 2 aromatic heterocycles. The Morgan fingerprint density at radius 3 is 1.46 bits per heavy atom. The van der Waals surface area contributed by atoms with E-state index in [1.165, 1.54) is 64.6 Å². The van der Waals surface area contributed by atoms with Gasteiger partial charge in [-0.25, -0.2) is 15.0 Å². The van der Waals surface area contributed by atoms with Crippen molar-refractivity contribution in [2.45, 2.75) is 0 Å². The molecule has 2 heterocycles. The highest BCUT2D eigenvalue weighted by molar-refractivity contribution is 6.37. The third-order valence-electron chi connectivity index (χ3n) is 13.2. The van der Waals surface area contributed by atoms with Crippen molar-refractivity contribution in [1.82, 2.24) is 15.0 Å². The molecular weight excluding hydrogens is 767 g/mol. The van der Waals surface area contributed by atoms with Gasteiger partial charge in [0.25, 0.3) is 0 Å². The summed E-state index contributed by atoms with van der Waals surface area (Å²) in [7, 11) is 0. The van der Waals surface area contributed by atoms with Crippen molar-refractivity contribution in [3.8, 4) is 45.3 Å². The third kappa shape index (κ3) is 5.00. The molecule has 0 fully saturated rings. The van der Waals surface area contributed by atoms with Gasteiger partial charge in [-0.15, -0.1) is 0 Å². The minimum absolute atomic E-state index is 0.564. The largest absolute Gasteiger partial charge is 0.455 e. The summed E-state index contributed by atoms with van der Waals surface area (Å²) < 4.78 is 6.51. The van der Waals surface area contributed by atoms with Gasteiger partial charge in [0.1, 0.15) is 11.2 Å². The SMILES string of the molecule is c1ccc(-c2nc(-c3ccc(-c4cc5ccc6cccc7c8cccc9ccc%10cccc(c(c4)c5c67)c%10c98)c4ccccc34)nc(-c3cccc4c3oc3ccccc34)n2)cc1. The van der Waals surface area contributed by atoms with Crippen LogP contribution in [0.3, 0.4) is 0 Å². The van der Waals surface area contributed by atoms with E-state index < -0.39 is 0 Å². The van der Waals surface area contributed by atoms with Gasteiger partial charge in [0.15, 0.2) is 17.5 Å². The van der Waals surface area contributed by atoms with Gasteiger partial charge in [-0.05, 0) is 117 Å².